The van der Waals surface area contributed by atoms with Crippen LogP contribution in [0.2, 0.25) is 5.02 Å². The van der Waals surface area contributed by atoms with Crippen molar-refractivity contribution in [3.05, 3.63) is 86.9 Å². The Labute approximate surface area is 195 Å². The van der Waals surface area contributed by atoms with Gasteiger partial charge < -0.3 is 0 Å². The van der Waals surface area contributed by atoms with Gasteiger partial charge in [-0.1, -0.05) is 41.9 Å². The second-order valence-electron chi connectivity index (χ2n) is 8.36. The van der Waals surface area contributed by atoms with E-state index in [2.05, 4.69) is 4.98 Å². The molecule has 0 unspecified atom stereocenters. The summed E-state index contributed by atoms with van der Waals surface area (Å²) in [6.07, 6.45) is 5.27. The molecule has 5 nitrogen and oxygen atoms in total. The minimum absolute atomic E-state index is 0.0117. The molecular formula is C24H21ClN2O3S2. The predicted octanol–water partition coefficient (Wildman–Crippen LogP) is 5.05. The Morgan fingerprint density at radius 2 is 1.91 bits per heavy atom. The molecule has 4 aromatic rings. The summed E-state index contributed by atoms with van der Waals surface area (Å²) in [5.74, 6) is 0.0537. The van der Waals surface area contributed by atoms with E-state index in [0.29, 0.717) is 15.2 Å². The lowest BCUT2D eigenvalue weighted by Gasteiger charge is -2.26. The zero-order chi connectivity index (χ0) is 22.5. The lowest BCUT2D eigenvalue weighted by atomic mass is 9.87. The van der Waals surface area contributed by atoms with E-state index in [1.165, 1.54) is 28.7 Å². The molecule has 8 heteroatoms. The number of thiophene rings is 1. The van der Waals surface area contributed by atoms with Crippen molar-refractivity contribution in [2.75, 3.05) is 6.26 Å². The molecule has 0 saturated carbocycles. The molecule has 0 fully saturated rings. The summed E-state index contributed by atoms with van der Waals surface area (Å²) in [5.41, 5.74) is 4.87. The predicted molar refractivity (Wildman–Crippen MR) is 130 cm³/mol. The van der Waals surface area contributed by atoms with Gasteiger partial charge in [0.25, 0.3) is 5.56 Å². The Kier molecular flexibility index (Phi) is 5.43. The number of rotatable bonds is 4. The first-order chi connectivity index (χ1) is 15.3. The number of aromatic nitrogens is 2. The SMILES string of the molecule is CS(=O)(=O)Cc1ccc2c(c1)CC[C@H](n1cnc3cc(-c4ccc(Cl)cc4)sc3c1=O)C2. The minimum atomic E-state index is -3.06. The number of fused-ring (bicyclic) bond motifs is 2. The maximum Gasteiger partial charge on any atom is 0.271 e. The third-order valence-electron chi connectivity index (χ3n) is 5.89. The van der Waals surface area contributed by atoms with Crippen LogP contribution in [-0.2, 0) is 28.4 Å². The van der Waals surface area contributed by atoms with Crippen molar-refractivity contribution in [2.24, 2.45) is 0 Å². The standard InChI is InChI=1S/C24H21ClN2O3S2/c1-32(29,30)13-15-2-3-18-11-20(9-6-17(18)10-15)27-14-26-21-12-22(31-23(21)24(27)28)16-4-7-19(25)8-5-16/h2-5,7-8,10,12,14,20H,6,9,11,13H2,1H3/t20-/m0/s1. The van der Waals surface area contributed by atoms with Crippen LogP contribution >= 0.6 is 22.9 Å². The highest BCUT2D eigenvalue weighted by atomic mass is 35.5. The second-order valence-corrected chi connectivity index (χ2v) is 12.0. The fourth-order valence-electron chi connectivity index (χ4n) is 4.36. The summed E-state index contributed by atoms with van der Waals surface area (Å²) in [5, 5.41) is 0.677. The van der Waals surface area contributed by atoms with Gasteiger partial charge >= 0.3 is 0 Å². The topological polar surface area (TPSA) is 69.0 Å². The number of benzene rings is 2. The molecule has 0 bridgehead atoms. The molecule has 164 valence electrons. The average molecular weight is 485 g/mol. The van der Waals surface area contributed by atoms with E-state index >= 15 is 0 Å². The first-order valence-electron chi connectivity index (χ1n) is 10.3. The van der Waals surface area contributed by atoms with Crippen LogP contribution in [0, 0.1) is 0 Å². The Balaban J connectivity index is 1.45. The monoisotopic (exact) mass is 484 g/mol. The lowest BCUT2D eigenvalue weighted by molar-refractivity contribution is 0.429. The number of hydrogen-bond donors (Lipinski definition) is 0. The fourth-order valence-corrected chi connectivity index (χ4v) is 6.32. The zero-order valence-corrected chi connectivity index (χ0v) is 19.8. The highest BCUT2D eigenvalue weighted by Crippen LogP contribution is 2.33. The molecule has 0 N–H and O–H groups in total. The highest BCUT2D eigenvalue weighted by Gasteiger charge is 2.23. The molecule has 5 rings (SSSR count). The van der Waals surface area contributed by atoms with Crippen LogP contribution in [0.3, 0.4) is 0 Å². The molecule has 1 aliphatic rings. The third kappa shape index (κ3) is 4.25. The van der Waals surface area contributed by atoms with E-state index in [1.54, 1.807) is 10.9 Å². The average Bonchev–Trinajstić information content (AvgIpc) is 3.18. The first-order valence-corrected chi connectivity index (χ1v) is 13.6. The number of halogens is 1. The number of nitrogens with zero attached hydrogens (tertiary/aromatic N) is 2. The van der Waals surface area contributed by atoms with Gasteiger partial charge in [-0.05, 0) is 59.7 Å². The van der Waals surface area contributed by atoms with Gasteiger partial charge in [0.1, 0.15) is 4.70 Å². The van der Waals surface area contributed by atoms with Gasteiger partial charge in [0.05, 0.1) is 17.6 Å². The van der Waals surface area contributed by atoms with Crippen molar-refractivity contribution in [1.29, 1.82) is 0 Å². The molecule has 1 atom stereocenters. The molecule has 32 heavy (non-hydrogen) atoms. The number of sulfone groups is 1. The molecule has 0 saturated heterocycles. The van der Waals surface area contributed by atoms with Crippen molar-refractivity contribution in [1.82, 2.24) is 9.55 Å². The Morgan fingerprint density at radius 1 is 1.12 bits per heavy atom. The van der Waals surface area contributed by atoms with Crippen LogP contribution in [0.15, 0.2) is 59.7 Å². The molecule has 2 heterocycles. The molecule has 0 aliphatic heterocycles. The van der Waals surface area contributed by atoms with Crippen LogP contribution in [0.1, 0.15) is 29.2 Å². The Bertz CT molecular complexity index is 1490. The van der Waals surface area contributed by atoms with Gasteiger partial charge in [-0.15, -0.1) is 11.3 Å². The molecule has 0 radical (unpaired) electrons. The summed E-state index contributed by atoms with van der Waals surface area (Å²) in [7, 11) is -3.06. The Hall–Kier alpha value is -2.48. The largest absolute Gasteiger partial charge is 0.295 e. The molecule has 1 aliphatic carbocycles. The van der Waals surface area contributed by atoms with E-state index in [0.717, 1.165) is 35.3 Å². The second kappa shape index (κ2) is 8.14. The summed E-state index contributed by atoms with van der Waals surface area (Å²) in [6.45, 7) is 0. The maximum atomic E-state index is 13.3. The van der Waals surface area contributed by atoms with Crippen molar-refractivity contribution < 1.29 is 8.42 Å². The van der Waals surface area contributed by atoms with Crippen molar-refractivity contribution in [2.45, 2.75) is 31.1 Å². The quantitative estimate of drug-likeness (QED) is 0.406. The van der Waals surface area contributed by atoms with Crippen LogP contribution in [0.4, 0.5) is 0 Å². The van der Waals surface area contributed by atoms with E-state index in [1.807, 2.05) is 48.5 Å². The van der Waals surface area contributed by atoms with Gasteiger partial charge in [0, 0.05) is 22.2 Å². The summed E-state index contributed by atoms with van der Waals surface area (Å²) < 4.78 is 25.6. The lowest BCUT2D eigenvalue weighted by Crippen LogP contribution is -2.28. The van der Waals surface area contributed by atoms with Crippen molar-refractivity contribution >= 4 is 43.0 Å². The van der Waals surface area contributed by atoms with Crippen LogP contribution < -0.4 is 5.56 Å². The molecule has 2 aromatic carbocycles. The fraction of sp³-hybridized carbons (Fsp3) is 0.250. The Morgan fingerprint density at radius 3 is 2.66 bits per heavy atom. The van der Waals surface area contributed by atoms with E-state index in [9.17, 15) is 13.2 Å². The molecule has 0 spiro atoms. The van der Waals surface area contributed by atoms with Gasteiger partial charge in [0.2, 0.25) is 0 Å². The van der Waals surface area contributed by atoms with Crippen LogP contribution in [0.25, 0.3) is 20.7 Å². The highest BCUT2D eigenvalue weighted by molar-refractivity contribution is 7.89. The van der Waals surface area contributed by atoms with Gasteiger partial charge in [-0.25, -0.2) is 13.4 Å². The van der Waals surface area contributed by atoms with Gasteiger partial charge in [-0.3, -0.25) is 9.36 Å². The molecular weight excluding hydrogens is 464 g/mol. The summed E-state index contributed by atoms with van der Waals surface area (Å²) in [6, 6.07) is 15.4. The number of aryl methyl sites for hydroxylation is 1. The van der Waals surface area contributed by atoms with Crippen LogP contribution in [0.5, 0.6) is 0 Å². The van der Waals surface area contributed by atoms with E-state index in [-0.39, 0.29) is 17.4 Å². The normalized spacial score (nSPS) is 16.2. The van der Waals surface area contributed by atoms with Gasteiger partial charge in [-0.2, -0.15) is 0 Å². The number of hydrogen-bond acceptors (Lipinski definition) is 5. The van der Waals surface area contributed by atoms with Crippen molar-refractivity contribution in [3.63, 3.8) is 0 Å². The smallest absolute Gasteiger partial charge is 0.271 e. The minimum Gasteiger partial charge on any atom is -0.295 e. The summed E-state index contributed by atoms with van der Waals surface area (Å²) in [4.78, 5) is 18.9. The third-order valence-corrected chi connectivity index (χ3v) is 8.16. The maximum absolute atomic E-state index is 13.3. The van der Waals surface area contributed by atoms with Gasteiger partial charge in [0.15, 0.2) is 9.84 Å². The van der Waals surface area contributed by atoms with E-state index < -0.39 is 9.84 Å². The van der Waals surface area contributed by atoms with E-state index in [4.69, 9.17) is 11.6 Å². The molecule has 0 amide bonds. The summed E-state index contributed by atoms with van der Waals surface area (Å²) >= 11 is 7.45. The first kappa shape index (κ1) is 21.4. The van der Waals surface area contributed by atoms with Crippen LogP contribution in [-0.4, -0.2) is 24.2 Å². The molecule has 2 aromatic heterocycles. The zero-order valence-electron chi connectivity index (χ0n) is 17.4. The van der Waals surface area contributed by atoms with Crippen molar-refractivity contribution in [3.8, 4) is 10.4 Å².